The molecule has 0 fully saturated rings. The number of Topliss-reactive ketones (excluding diaryl/α,β-unsaturated/α-hetero) is 1. The molecule has 3 atom stereocenters. The number of alkyl halides is 1. The number of allylic oxidation sites excluding steroid dienone is 2. The van der Waals surface area contributed by atoms with Crippen LogP contribution in [0, 0.1) is 0 Å². The van der Waals surface area contributed by atoms with Crippen molar-refractivity contribution in [2.24, 2.45) is 0 Å². The molecule has 26 heavy (non-hydrogen) atoms. The normalized spacial score (nSPS) is 27.5. The molecule has 6 nitrogen and oxygen atoms in total. The van der Waals surface area contributed by atoms with Gasteiger partial charge in [0.15, 0.2) is 5.78 Å². The van der Waals surface area contributed by atoms with Crippen LogP contribution in [0.15, 0.2) is 34.9 Å². The molecule has 0 heterocycles. The van der Waals surface area contributed by atoms with Crippen molar-refractivity contribution in [3.8, 4) is 0 Å². The molecule has 0 saturated heterocycles. The first-order valence-corrected chi connectivity index (χ1v) is 9.95. The summed E-state index contributed by atoms with van der Waals surface area (Å²) in [7, 11) is 0. The van der Waals surface area contributed by atoms with Gasteiger partial charge in [-0.2, -0.15) is 0 Å². The Kier molecular flexibility index (Phi) is 9.15. The number of hydrogen-bond acceptors (Lipinski definition) is 5. The molecule has 0 radical (unpaired) electrons. The first-order valence-electron chi connectivity index (χ1n) is 8.70. The number of aliphatic carboxylic acids is 1. The first-order chi connectivity index (χ1) is 12.2. The van der Waals surface area contributed by atoms with Crippen LogP contribution in [0.25, 0.3) is 0 Å². The van der Waals surface area contributed by atoms with Crippen LogP contribution in [0.3, 0.4) is 0 Å². The van der Waals surface area contributed by atoms with Gasteiger partial charge in [-0.25, -0.2) is 4.79 Å². The summed E-state index contributed by atoms with van der Waals surface area (Å²) in [6, 6.07) is 0. The van der Waals surface area contributed by atoms with Gasteiger partial charge in [-0.1, -0.05) is 60.6 Å². The van der Waals surface area contributed by atoms with Crippen LogP contribution in [0.2, 0.25) is 0 Å². The molecular formula is C19H27IO6. The number of carbonyl (C=O) groups excluding carboxylic acids is 1. The minimum atomic E-state index is -1.93. The molecule has 1 aliphatic rings. The highest BCUT2D eigenvalue weighted by Gasteiger charge is 2.51. The third kappa shape index (κ3) is 5.25. The second-order valence-electron chi connectivity index (χ2n) is 6.49. The number of rotatable bonds is 9. The zero-order chi connectivity index (χ0) is 19.9. The Hall–Kier alpha value is -1.03. The van der Waals surface area contributed by atoms with Crippen LogP contribution in [0.5, 0.6) is 0 Å². The molecule has 0 amide bonds. The molecule has 0 bridgehead atoms. The third-order valence-corrected chi connectivity index (χ3v) is 6.27. The summed E-state index contributed by atoms with van der Waals surface area (Å²) in [6.45, 7) is 2.98. The van der Waals surface area contributed by atoms with Crippen molar-refractivity contribution in [1.82, 2.24) is 0 Å². The second kappa shape index (κ2) is 10.3. The van der Waals surface area contributed by atoms with Crippen LogP contribution in [0.1, 0.15) is 46.0 Å². The SMILES string of the molecule is CCCCC/C=C/C1=C(CO)[C@@H](O)[C@H](I)[C@](O)(C/C=C(\C)C(=O)O)C1=O. The van der Waals surface area contributed by atoms with E-state index < -0.39 is 34.0 Å². The molecule has 0 aliphatic heterocycles. The number of aliphatic hydroxyl groups excluding tert-OH is 2. The van der Waals surface area contributed by atoms with E-state index in [2.05, 4.69) is 6.92 Å². The standard InChI is InChI=1S/C19H27IO6/c1-3-4-5-6-7-8-13-14(11-21)15(22)16(20)19(26,17(13)23)10-9-12(2)18(24)25/h7-9,15-16,21-22,26H,3-6,10-11H2,1-2H3,(H,24,25)/b8-7+,12-9+/t15-,16+,19-/m1/s1. The van der Waals surface area contributed by atoms with Gasteiger partial charge >= 0.3 is 5.97 Å². The van der Waals surface area contributed by atoms with Crippen molar-refractivity contribution in [3.05, 3.63) is 34.9 Å². The fraction of sp³-hybridized carbons (Fsp3) is 0.579. The maximum absolute atomic E-state index is 12.9. The molecule has 0 aromatic carbocycles. The lowest BCUT2D eigenvalue weighted by Gasteiger charge is -2.39. The Labute approximate surface area is 167 Å². The zero-order valence-electron chi connectivity index (χ0n) is 15.1. The molecule has 146 valence electrons. The van der Waals surface area contributed by atoms with Crippen molar-refractivity contribution >= 4 is 34.3 Å². The maximum atomic E-state index is 12.9. The van der Waals surface area contributed by atoms with E-state index in [0.29, 0.717) is 0 Å². The minimum Gasteiger partial charge on any atom is -0.478 e. The number of carbonyl (C=O) groups is 2. The molecule has 0 unspecified atom stereocenters. The lowest BCUT2D eigenvalue weighted by molar-refractivity contribution is -0.136. The van der Waals surface area contributed by atoms with Gasteiger partial charge in [0.25, 0.3) is 0 Å². The number of carboxylic acid groups (broad SMARTS) is 1. The number of unbranched alkanes of at least 4 members (excludes halogenated alkanes) is 3. The quantitative estimate of drug-likeness (QED) is 0.175. The molecule has 4 N–H and O–H groups in total. The van der Waals surface area contributed by atoms with E-state index in [-0.39, 0.29) is 23.1 Å². The Morgan fingerprint density at radius 1 is 1.35 bits per heavy atom. The highest BCUT2D eigenvalue weighted by molar-refractivity contribution is 14.1. The third-order valence-electron chi connectivity index (χ3n) is 4.56. The van der Waals surface area contributed by atoms with Gasteiger partial charge in [-0.3, -0.25) is 4.79 Å². The highest BCUT2D eigenvalue weighted by Crippen LogP contribution is 2.38. The van der Waals surface area contributed by atoms with Crippen molar-refractivity contribution < 1.29 is 30.0 Å². The van der Waals surface area contributed by atoms with Gasteiger partial charge < -0.3 is 20.4 Å². The molecular weight excluding hydrogens is 451 g/mol. The van der Waals surface area contributed by atoms with E-state index >= 15 is 0 Å². The predicted octanol–water partition coefficient (Wildman–Crippen LogP) is 2.31. The summed E-state index contributed by atoms with van der Waals surface area (Å²) >= 11 is 1.78. The first kappa shape index (κ1) is 23.0. The highest BCUT2D eigenvalue weighted by atomic mass is 127. The molecule has 0 aromatic rings. The summed E-state index contributed by atoms with van der Waals surface area (Å²) < 4.78 is -0.898. The topological polar surface area (TPSA) is 115 Å². The van der Waals surface area contributed by atoms with E-state index in [9.17, 15) is 24.9 Å². The number of aliphatic hydroxyl groups is 3. The number of ketones is 1. The fourth-order valence-corrected chi connectivity index (χ4v) is 3.75. The second-order valence-corrected chi connectivity index (χ2v) is 7.83. The van der Waals surface area contributed by atoms with Crippen LogP contribution in [-0.2, 0) is 9.59 Å². The van der Waals surface area contributed by atoms with E-state index in [4.69, 9.17) is 5.11 Å². The predicted molar refractivity (Wildman–Crippen MR) is 107 cm³/mol. The summed E-state index contributed by atoms with van der Waals surface area (Å²) in [4.78, 5) is 23.9. The monoisotopic (exact) mass is 478 g/mol. The number of hydrogen-bond donors (Lipinski definition) is 4. The van der Waals surface area contributed by atoms with E-state index in [1.165, 1.54) is 13.0 Å². The van der Waals surface area contributed by atoms with Crippen LogP contribution in [-0.4, -0.2) is 54.4 Å². The Balaban J connectivity index is 3.18. The summed E-state index contributed by atoms with van der Waals surface area (Å²) in [5.41, 5.74) is -1.63. The molecule has 0 spiro atoms. The van der Waals surface area contributed by atoms with Crippen molar-refractivity contribution in [1.29, 1.82) is 0 Å². The van der Waals surface area contributed by atoms with Crippen molar-refractivity contribution in [3.63, 3.8) is 0 Å². The molecule has 1 aliphatic carbocycles. The number of halogens is 1. The summed E-state index contributed by atoms with van der Waals surface area (Å²) in [5.74, 6) is -1.74. The lowest BCUT2D eigenvalue weighted by Crippen LogP contribution is -2.56. The molecule has 7 heteroatoms. The smallest absolute Gasteiger partial charge is 0.330 e. The minimum absolute atomic E-state index is 0.0120. The van der Waals surface area contributed by atoms with Gasteiger partial charge in [-0.15, -0.1) is 0 Å². The maximum Gasteiger partial charge on any atom is 0.330 e. The Morgan fingerprint density at radius 2 is 2.00 bits per heavy atom. The summed E-state index contributed by atoms with van der Waals surface area (Å²) in [5, 5.41) is 39.9. The molecule has 0 aromatic heterocycles. The van der Waals surface area contributed by atoms with Gasteiger partial charge in [0, 0.05) is 17.6 Å². The van der Waals surface area contributed by atoms with Crippen molar-refractivity contribution in [2.75, 3.05) is 6.61 Å². The zero-order valence-corrected chi connectivity index (χ0v) is 17.3. The molecule has 1 rings (SSSR count). The largest absolute Gasteiger partial charge is 0.478 e. The van der Waals surface area contributed by atoms with Gasteiger partial charge in [-0.05, 0) is 25.3 Å². The average Bonchev–Trinajstić information content (AvgIpc) is 2.62. The van der Waals surface area contributed by atoms with E-state index in [1.54, 1.807) is 34.7 Å². The van der Waals surface area contributed by atoms with Crippen LogP contribution in [0.4, 0.5) is 0 Å². The molecule has 0 saturated carbocycles. The average molecular weight is 478 g/mol. The van der Waals surface area contributed by atoms with E-state index in [1.807, 2.05) is 0 Å². The van der Waals surface area contributed by atoms with Gasteiger partial charge in [0.1, 0.15) is 5.60 Å². The van der Waals surface area contributed by atoms with Gasteiger partial charge in [0.05, 0.1) is 16.6 Å². The van der Waals surface area contributed by atoms with Crippen LogP contribution < -0.4 is 0 Å². The number of carboxylic acids is 1. The van der Waals surface area contributed by atoms with E-state index in [0.717, 1.165) is 25.7 Å². The Morgan fingerprint density at radius 3 is 2.54 bits per heavy atom. The van der Waals surface area contributed by atoms with Crippen molar-refractivity contribution in [2.45, 2.75) is 61.6 Å². The fourth-order valence-electron chi connectivity index (χ4n) is 2.78. The Bertz CT molecular complexity index is 622. The lowest BCUT2D eigenvalue weighted by atomic mass is 9.75. The van der Waals surface area contributed by atoms with Crippen LogP contribution >= 0.6 is 22.6 Å². The van der Waals surface area contributed by atoms with Gasteiger partial charge in [0.2, 0.25) is 0 Å². The summed E-state index contributed by atoms with van der Waals surface area (Å²) in [6.07, 6.45) is 7.07.